The molecule has 1 aromatic carbocycles. The number of likely N-dealkylation sites (tertiary alicyclic amines) is 1. The molecule has 2 aliphatic heterocycles. The molecule has 2 saturated heterocycles. The van der Waals surface area contributed by atoms with Crippen LogP contribution in [0.3, 0.4) is 0 Å². The summed E-state index contributed by atoms with van der Waals surface area (Å²) in [6, 6.07) is 7.32. The van der Waals surface area contributed by atoms with Crippen LogP contribution in [0.2, 0.25) is 0 Å². The molecular formula is C15H14N4O4. The van der Waals surface area contributed by atoms with E-state index in [1.165, 1.54) is 0 Å². The smallest absolute Gasteiger partial charge is 0.417 e. The van der Waals surface area contributed by atoms with E-state index in [-0.39, 0.29) is 31.0 Å². The Labute approximate surface area is 131 Å². The lowest BCUT2D eigenvalue weighted by Crippen LogP contribution is -2.62. The lowest BCUT2D eigenvalue weighted by atomic mass is 10.1. The molecule has 0 atom stereocenters. The summed E-state index contributed by atoms with van der Waals surface area (Å²) >= 11 is 0. The van der Waals surface area contributed by atoms with Crippen molar-refractivity contribution in [2.75, 3.05) is 19.7 Å². The van der Waals surface area contributed by atoms with Crippen LogP contribution in [-0.2, 0) is 20.9 Å². The van der Waals surface area contributed by atoms with Gasteiger partial charge in [-0.15, -0.1) is 0 Å². The number of imidazole rings is 1. The average Bonchev–Trinajstić information content (AvgIpc) is 3.04. The summed E-state index contributed by atoms with van der Waals surface area (Å²) in [6.07, 6.45) is 1.02. The van der Waals surface area contributed by atoms with E-state index in [0.717, 1.165) is 15.9 Å². The van der Waals surface area contributed by atoms with E-state index in [0.29, 0.717) is 13.1 Å². The second kappa shape index (κ2) is 5.08. The van der Waals surface area contributed by atoms with E-state index < -0.39 is 6.09 Å². The van der Waals surface area contributed by atoms with E-state index in [1.807, 2.05) is 24.3 Å². The van der Waals surface area contributed by atoms with E-state index in [9.17, 15) is 14.4 Å². The Morgan fingerprint density at radius 1 is 1.26 bits per heavy atom. The van der Waals surface area contributed by atoms with Gasteiger partial charge in [-0.05, 0) is 12.1 Å². The van der Waals surface area contributed by atoms with Crippen molar-refractivity contribution in [3.8, 4) is 0 Å². The first-order valence-corrected chi connectivity index (χ1v) is 7.30. The summed E-state index contributed by atoms with van der Waals surface area (Å²) in [5, 5.41) is 0. The fraction of sp³-hybridized carbons (Fsp3) is 0.333. The van der Waals surface area contributed by atoms with Gasteiger partial charge in [-0.1, -0.05) is 12.1 Å². The third kappa shape index (κ3) is 2.23. The minimum Gasteiger partial charge on any atom is -0.439 e. The minimum atomic E-state index is -0.618. The number of benzene rings is 1. The van der Waals surface area contributed by atoms with Gasteiger partial charge >= 0.3 is 6.09 Å². The molecule has 0 radical (unpaired) electrons. The number of para-hydroxylation sites is 2. The molecule has 0 unspecified atom stereocenters. The molecule has 3 amide bonds. The molecule has 8 nitrogen and oxygen atoms in total. The van der Waals surface area contributed by atoms with Crippen LogP contribution in [0.15, 0.2) is 30.6 Å². The predicted molar refractivity (Wildman–Crippen MR) is 78.3 cm³/mol. The molecule has 2 fully saturated rings. The molecule has 0 aliphatic carbocycles. The Hall–Kier alpha value is -2.90. The van der Waals surface area contributed by atoms with Crippen LogP contribution in [0.4, 0.5) is 4.79 Å². The van der Waals surface area contributed by atoms with Gasteiger partial charge in [-0.3, -0.25) is 9.59 Å². The summed E-state index contributed by atoms with van der Waals surface area (Å²) in [5.41, 5.74) is 1.74. The molecule has 8 heteroatoms. The van der Waals surface area contributed by atoms with Crippen molar-refractivity contribution in [3.63, 3.8) is 0 Å². The molecule has 0 spiro atoms. The normalized spacial score (nSPS) is 18.4. The van der Waals surface area contributed by atoms with Gasteiger partial charge in [0, 0.05) is 13.1 Å². The third-order valence-electron chi connectivity index (χ3n) is 4.20. The van der Waals surface area contributed by atoms with Crippen molar-refractivity contribution >= 4 is 28.9 Å². The SMILES string of the molecule is O=C(Cn1cnc2ccccc21)N1CC(N2C(=O)COC2=O)C1. The summed E-state index contributed by atoms with van der Waals surface area (Å²) in [6.45, 7) is 0.689. The largest absolute Gasteiger partial charge is 0.439 e. The number of rotatable bonds is 3. The molecule has 4 rings (SSSR count). The number of carbonyl (C=O) groups excluding carboxylic acids is 3. The van der Waals surface area contributed by atoms with Gasteiger partial charge in [-0.2, -0.15) is 0 Å². The van der Waals surface area contributed by atoms with E-state index in [1.54, 1.807) is 15.8 Å². The number of imide groups is 1. The molecule has 2 aromatic rings. The lowest BCUT2D eigenvalue weighted by molar-refractivity contribution is -0.142. The number of hydrogen-bond donors (Lipinski definition) is 0. The molecule has 0 bridgehead atoms. The van der Waals surface area contributed by atoms with Gasteiger partial charge in [0.05, 0.1) is 23.4 Å². The summed E-state index contributed by atoms with van der Waals surface area (Å²) < 4.78 is 6.48. The first-order valence-electron chi connectivity index (χ1n) is 7.30. The zero-order valence-electron chi connectivity index (χ0n) is 12.2. The van der Waals surface area contributed by atoms with Gasteiger partial charge < -0.3 is 14.2 Å². The quantitative estimate of drug-likeness (QED) is 0.809. The topological polar surface area (TPSA) is 84.7 Å². The van der Waals surface area contributed by atoms with Crippen LogP contribution in [0.1, 0.15) is 0 Å². The van der Waals surface area contributed by atoms with Crippen LogP contribution in [0.5, 0.6) is 0 Å². The molecule has 3 heterocycles. The first-order chi connectivity index (χ1) is 11.1. The van der Waals surface area contributed by atoms with Crippen LogP contribution in [0, 0.1) is 0 Å². The number of cyclic esters (lactones) is 1. The van der Waals surface area contributed by atoms with Gasteiger partial charge in [0.15, 0.2) is 6.61 Å². The summed E-state index contributed by atoms with van der Waals surface area (Å²) in [5.74, 6) is -0.405. The van der Waals surface area contributed by atoms with E-state index >= 15 is 0 Å². The second-order valence-electron chi connectivity index (χ2n) is 5.63. The lowest BCUT2D eigenvalue weighted by Gasteiger charge is -2.42. The molecule has 2 aliphatic rings. The summed E-state index contributed by atoms with van der Waals surface area (Å²) in [7, 11) is 0. The monoisotopic (exact) mass is 314 g/mol. The highest BCUT2D eigenvalue weighted by molar-refractivity contribution is 5.98. The van der Waals surface area contributed by atoms with Gasteiger partial charge in [-0.25, -0.2) is 14.7 Å². The van der Waals surface area contributed by atoms with Crippen molar-refractivity contribution in [3.05, 3.63) is 30.6 Å². The number of hydrogen-bond acceptors (Lipinski definition) is 5. The second-order valence-corrected chi connectivity index (χ2v) is 5.63. The van der Waals surface area contributed by atoms with Crippen molar-refractivity contribution in [1.82, 2.24) is 19.4 Å². The van der Waals surface area contributed by atoms with Crippen LogP contribution in [0.25, 0.3) is 11.0 Å². The molecule has 118 valence electrons. The maximum atomic E-state index is 12.3. The number of carbonyl (C=O) groups is 3. The standard InChI is InChI=1S/C15H14N4O4/c20-13(7-18-9-16-11-3-1-2-4-12(11)18)17-5-10(6-17)19-14(21)8-23-15(19)22/h1-4,9-10H,5-8H2. The Bertz CT molecular complexity index is 793. The van der Waals surface area contributed by atoms with E-state index in [2.05, 4.69) is 9.72 Å². The minimum absolute atomic E-state index is 0.0654. The Balaban J connectivity index is 1.40. The van der Waals surface area contributed by atoms with E-state index in [4.69, 9.17) is 0 Å². The summed E-state index contributed by atoms with van der Waals surface area (Å²) in [4.78, 5) is 42.3. The first kappa shape index (κ1) is 13.7. The zero-order chi connectivity index (χ0) is 16.0. The zero-order valence-corrected chi connectivity index (χ0v) is 12.2. The number of aromatic nitrogens is 2. The van der Waals surface area contributed by atoms with Crippen LogP contribution >= 0.6 is 0 Å². The molecule has 0 N–H and O–H groups in total. The van der Waals surface area contributed by atoms with Gasteiger partial charge in [0.25, 0.3) is 5.91 Å². The van der Waals surface area contributed by atoms with Gasteiger partial charge in [0.2, 0.25) is 5.91 Å². The number of amides is 3. The van der Waals surface area contributed by atoms with Crippen LogP contribution in [-0.4, -0.2) is 63.0 Å². The fourth-order valence-electron chi connectivity index (χ4n) is 2.92. The van der Waals surface area contributed by atoms with Gasteiger partial charge in [0.1, 0.15) is 6.54 Å². The van der Waals surface area contributed by atoms with Crippen LogP contribution < -0.4 is 0 Å². The van der Waals surface area contributed by atoms with Crippen molar-refractivity contribution in [2.24, 2.45) is 0 Å². The Kier molecular flexibility index (Phi) is 3.03. The molecule has 1 aromatic heterocycles. The highest BCUT2D eigenvalue weighted by atomic mass is 16.6. The molecule has 23 heavy (non-hydrogen) atoms. The maximum Gasteiger partial charge on any atom is 0.417 e. The molecule has 0 saturated carbocycles. The number of nitrogens with zero attached hydrogens (tertiary/aromatic N) is 4. The van der Waals surface area contributed by atoms with Crippen molar-refractivity contribution in [2.45, 2.75) is 12.6 Å². The maximum absolute atomic E-state index is 12.3. The molecular weight excluding hydrogens is 300 g/mol. The highest BCUT2D eigenvalue weighted by Gasteiger charge is 2.44. The average molecular weight is 314 g/mol. The number of fused-ring (bicyclic) bond motifs is 1. The predicted octanol–water partition coefficient (Wildman–Crippen LogP) is 0.226. The fourth-order valence-corrected chi connectivity index (χ4v) is 2.92. The van der Waals surface area contributed by atoms with Crippen molar-refractivity contribution in [1.29, 1.82) is 0 Å². The van der Waals surface area contributed by atoms with Crippen molar-refractivity contribution < 1.29 is 19.1 Å². The number of ether oxygens (including phenoxy) is 1. The Morgan fingerprint density at radius 2 is 2.04 bits per heavy atom. The Morgan fingerprint density at radius 3 is 2.78 bits per heavy atom. The third-order valence-corrected chi connectivity index (χ3v) is 4.20. The highest BCUT2D eigenvalue weighted by Crippen LogP contribution is 2.20.